The summed E-state index contributed by atoms with van der Waals surface area (Å²) < 4.78 is 5.76. The van der Waals surface area contributed by atoms with E-state index < -0.39 is 0 Å². The van der Waals surface area contributed by atoms with E-state index >= 15 is 0 Å². The van der Waals surface area contributed by atoms with Crippen LogP contribution in [0.2, 0.25) is 0 Å². The Morgan fingerprint density at radius 3 is 1.95 bits per heavy atom. The number of hydrogen-bond donors (Lipinski definition) is 2. The molecule has 0 amide bonds. The maximum Gasteiger partial charge on any atom is 0.115 e. The van der Waals surface area contributed by atoms with E-state index in [0.29, 0.717) is 6.61 Å². The molecule has 0 bridgehead atoms. The lowest BCUT2D eigenvalue weighted by Gasteiger charge is -2.17. The van der Waals surface area contributed by atoms with Crippen LogP contribution in [0.4, 0.5) is 0 Å². The van der Waals surface area contributed by atoms with Crippen LogP contribution in [0.15, 0.2) is 48.5 Å². The van der Waals surface area contributed by atoms with Crippen molar-refractivity contribution in [1.29, 1.82) is 0 Å². The minimum Gasteiger partial charge on any atom is -0.508 e. The van der Waals surface area contributed by atoms with E-state index in [1.807, 2.05) is 31.2 Å². The first kappa shape index (κ1) is 13.4. The van der Waals surface area contributed by atoms with Crippen LogP contribution in [-0.2, 0) is 11.2 Å². The minimum absolute atomic E-state index is 0.0462. The molecule has 0 aliphatic carbocycles. The third-order valence-corrected chi connectivity index (χ3v) is 2.99. The molecule has 0 aliphatic rings. The molecule has 0 fully saturated rings. The number of aromatic hydroxyl groups is 2. The van der Waals surface area contributed by atoms with Crippen LogP contribution >= 0.6 is 0 Å². The van der Waals surface area contributed by atoms with E-state index in [1.165, 1.54) is 0 Å². The van der Waals surface area contributed by atoms with Crippen LogP contribution < -0.4 is 0 Å². The molecule has 0 saturated heterocycles. The zero-order valence-corrected chi connectivity index (χ0v) is 10.9. The highest BCUT2D eigenvalue weighted by molar-refractivity contribution is 5.30. The Balaban J connectivity index is 2.15. The summed E-state index contributed by atoms with van der Waals surface area (Å²) in [6.45, 7) is 2.59. The topological polar surface area (TPSA) is 49.7 Å². The first-order valence-corrected chi connectivity index (χ1v) is 6.37. The Morgan fingerprint density at radius 2 is 1.42 bits per heavy atom. The second-order valence-corrected chi connectivity index (χ2v) is 4.41. The van der Waals surface area contributed by atoms with Gasteiger partial charge in [-0.25, -0.2) is 0 Å². The van der Waals surface area contributed by atoms with Crippen molar-refractivity contribution in [2.45, 2.75) is 19.4 Å². The number of phenolic OH excluding ortho intramolecular Hbond substituents is 2. The Labute approximate surface area is 113 Å². The van der Waals surface area contributed by atoms with E-state index in [2.05, 4.69) is 0 Å². The van der Waals surface area contributed by atoms with Crippen LogP contribution in [0.1, 0.15) is 24.2 Å². The van der Waals surface area contributed by atoms with Crippen molar-refractivity contribution in [3.8, 4) is 11.5 Å². The summed E-state index contributed by atoms with van der Waals surface area (Å²) in [7, 11) is 0. The van der Waals surface area contributed by atoms with Crippen LogP contribution in [0.25, 0.3) is 0 Å². The van der Waals surface area contributed by atoms with Crippen LogP contribution in [0, 0.1) is 0 Å². The minimum atomic E-state index is -0.0462. The van der Waals surface area contributed by atoms with Crippen molar-refractivity contribution < 1.29 is 14.9 Å². The van der Waals surface area contributed by atoms with Crippen molar-refractivity contribution in [2.24, 2.45) is 0 Å². The summed E-state index contributed by atoms with van der Waals surface area (Å²) >= 11 is 0. The number of rotatable bonds is 5. The molecule has 2 rings (SSSR count). The van der Waals surface area contributed by atoms with Gasteiger partial charge in [0.25, 0.3) is 0 Å². The molecule has 0 spiro atoms. The van der Waals surface area contributed by atoms with E-state index in [4.69, 9.17) is 4.74 Å². The third kappa shape index (κ3) is 3.73. The highest BCUT2D eigenvalue weighted by Crippen LogP contribution is 2.24. The Hall–Kier alpha value is -2.00. The Kier molecular flexibility index (Phi) is 4.42. The fourth-order valence-electron chi connectivity index (χ4n) is 2.01. The van der Waals surface area contributed by atoms with Gasteiger partial charge in [-0.05, 0) is 42.3 Å². The summed E-state index contributed by atoms with van der Waals surface area (Å²) in [5.74, 6) is 0.518. The van der Waals surface area contributed by atoms with Crippen molar-refractivity contribution in [2.75, 3.05) is 6.61 Å². The van der Waals surface area contributed by atoms with E-state index in [0.717, 1.165) is 17.5 Å². The number of phenols is 2. The van der Waals surface area contributed by atoms with Gasteiger partial charge in [0.05, 0.1) is 6.10 Å². The largest absolute Gasteiger partial charge is 0.508 e. The van der Waals surface area contributed by atoms with Gasteiger partial charge in [0.2, 0.25) is 0 Å². The van der Waals surface area contributed by atoms with Gasteiger partial charge in [-0.15, -0.1) is 0 Å². The molecule has 2 aromatic rings. The highest BCUT2D eigenvalue weighted by Gasteiger charge is 2.12. The maximum atomic E-state index is 9.32. The molecule has 2 aromatic carbocycles. The van der Waals surface area contributed by atoms with Crippen LogP contribution in [-0.4, -0.2) is 16.8 Å². The lowest BCUT2D eigenvalue weighted by Crippen LogP contribution is -2.07. The molecule has 1 atom stereocenters. The molecule has 3 heteroatoms. The first-order chi connectivity index (χ1) is 9.19. The molecule has 100 valence electrons. The quantitative estimate of drug-likeness (QED) is 0.864. The number of benzene rings is 2. The van der Waals surface area contributed by atoms with Crippen molar-refractivity contribution in [3.05, 3.63) is 59.7 Å². The molecule has 0 aromatic heterocycles. The van der Waals surface area contributed by atoms with Gasteiger partial charge in [-0.3, -0.25) is 0 Å². The van der Waals surface area contributed by atoms with Crippen molar-refractivity contribution >= 4 is 0 Å². The molecular weight excluding hydrogens is 240 g/mol. The zero-order chi connectivity index (χ0) is 13.7. The van der Waals surface area contributed by atoms with Gasteiger partial charge in [-0.2, -0.15) is 0 Å². The van der Waals surface area contributed by atoms with Gasteiger partial charge >= 0.3 is 0 Å². The molecule has 19 heavy (non-hydrogen) atoms. The average molecular weight is 258 g/mol. The Morgan fingerprint density at radius 1 is 0.895 bits per heavy atom. The molecule has 2 N–H and O–H groups in total. The average Bonchev–Trinajstić information content (AvgIpc) is 2.42. The number of ether oxygens (including phenoxy) is 1. The van der Waals surface area contributed by atoms with Gasteiger partial charge in [0.1, 0.15) is 11.5 Å². The summed E-state index contributed by atoms with van der Waals surface area (Å²) in [5, 5.41) is 18.6. The SMILES string of the molecule is CCOC(Cc1ccc(O)cc1)c1ccc(O)cc1. The van der Waals surface area contributed by atoms with Crippen molar-refractivity contribution in [1.82, 2.24) is 0 Å². The fourth-order valence-corrected chi connectivity index (χ4v) is 2.01. The van der Waals surface area contributed by atoms with Gasteiger partial charge in [0.15, 0.2) is 0 Å². The molecule has 0 radical (unpaired) electrons. The smallest absolute Gasteiger partial charge is 0.115 e. The lowest BCUT2D eigenvalue weighted by atomic mass is 10.0. The summed E-state index contributed by atoms with van der Waals surface area (Å²) in [6.07, 6.45) is 0.689. The third-order valence-electron chi connectivity index (χ3n) is 2.99. The molecule has 0 saturated carbocycles. The maximum absolute atomic E-state index is 9.32. The Bertz CT molecular complexity index is 503. The van der Waals surface area contributed by atoms with Crippen molar-refractivity contribution in [3.63, 3.8) is 0 Å². The van der Waals surface area contributed by atoms with E-state index in [9.17, 15) is 10.2 Å². The molecule has 1 unspecified atom stereocenters. The summed E-state index contributed by atoms with van der Waals surface area (Å²) in [5.41, 5.74) is 2.14. The normalized spacial score (nSPS) is 12.3. The molecule has 0 aliphatic heterocycles. The predicted octanol–water partition coefficient (Wildman–Crippen LogP) is 3.42. The standard InChI is InChI=1S/C16H18O3/c1-2-19-16(13-5-9-15(18)10-6-13)11-12-3-7-14(17)8-4-12/h3-10,16-18H,2,11H2,1H3. The highest BCUT2D eigenvalue weighted by atomic mass is 16.5. The summed E-state index contributed by atoms with van der Waals surface area (Å²) in [6, 6.07) is 14.2. The predicted molar refractivity (Wildman–Crippen MR) is 74.3 cm³/mol. The fraction of sp³-hybridized carbons (Fsp3) is 0.250. The molecular formula is C16H18O3. The van der Waals surface area contributed by atoms with Gasteiger partial charge in [0, 0.05) is 13.0 Å². The second-order valence-electron chi connectivity index (χ2n) is 4.41. The monoisotopic (exact) mass is 258 g/mol. The molecule has 3 nitrogen and oxygen atoms in total. The molecule has 0 heterocycles. The first-order valence-electron chi connectivity index (χ1n) is 6.37. The summed E-state index contributed by atoms with van der Waals surface area (Å²) in [4.78, 5) is 0. The number of hydrogen-bond acceptors (Lipinski definition) is 3. The second kappa shape index (κ2) is 6.25. The van der Waals surface area contributed by atoms with Crippen LogP contribution in [0.5, 0.6) is 11.5 Å². The van der Waals surface area contributed by atoms with E-state index in [1.54, 1.807) is 24.3 Å². The van der Waals surface area contributed by atoms with Crippen LogP contribution in [0.3, 0.4) is 0 Å². The van der Waals surface area contributed by atoms with Gasteiger partial charge < -0.3 is 14.9 Å². The van der Waals surface area contributed by atoms with E-state index in [-0.39, 0.29) is 17.6 Å². The zero-order valence-electron chi connectivity index (χ0n) is 10.9. The van der Waals surface area contributed by atoms with Gasteiger partial charge in [-0.1, -0.05) is 24.3 Å². The lowest BCUT2D eigenvalue weighted by molar-refractivity contribution is 0.0628.